The Kier molecular flexibility index (Phi) is 8.41. The highest BCUT2D eigenvalue weighted by Crippen LogP contribution is 2.31. The van der Waals surface area contributed by atoms with Gasteiger partial charge in [0, 0.05) is 17.3 Å². The number of nitrogens with two attached hydrogens (primary N) is 1. The Balaban J connectivity index is 2.55. The average molecular weight is 416 g/mol. The van der Waals surface area contributed by atoms with Crippen LogP contribution in [0.5, 0.6) is 0 Å². The maximum absolute atomic E-state index is 12.2. The Labute approximate surface area is 144 Å². The van der Waals surface area contributed by atoms with E-state index in [0.717, 1.165) is 25.0 Å². The lowest BCUT2D eigenvalue weighted by Gasteiger charge is -2.10. The number of hydrogen-bond acceptors (Lipinski definition) is 4. The minimum atomic E-state index is -3.60. The van der Waals surface area contributed by atoms with Gasteiger partial charge in [0.1, 0.15) is 0 Å². The number of sulfonamides is 1. The Bertz CT molecular complexity index is 568. The fourth-order valence-corrected chi connectivity index (χ4v) is 4.65. The SMILES string of the molecule is CSCCCCCCNS(=O)(=O)c1cc(Cl)cc(N)c1Br. The number of unbranched alkanes of at least 4 members (excludes halogenated alkanes) is 3. The number of rotatable bonds is 9. The first kappa shape index (κ1) is 19.1. The number of hydrogen-bond donors (Lipinski definition) is 2. The summed E-state index contributed by atoms with van der Waals surface area (Å²) >= 11 is 10.9. The van der Waals surface area contributed by atoms with Crippen LogP contribution >= 0.6 is 39.3 Å². The topological polar surface area (TPSA) is 72.2 Å². The maximum atomic E-state index is 12.2. The molecule has 0 saturated heterocycles. The lowest BCUT2D eigenvalue weighted by atomic mass is 10.2. The van der Waals surface area contributed by atoms with Crippen LogP contribution in [0, 0.1) is 0 Å². The van der Waals surface area contributed by atoms with E-state index in [0.29, 0.717) is 21.7 Å². The van der Waals surface area contributed by atoms with Crippen molar-refractivity contribution in [3.8, 4) is 0 Å². The molecule has 0 bridgehead atoms. The second-order valence-electron chi connectivity index (χ2n) is 4.61. The second-order valence-corrected chi connectivity index (χ2v) is 8.56. The first-order valence-corrected chi connectivity index (χ1v) is 10.7. The summed E-state index contributed by atoms with van der Waals surface area (Å²) in [5, 5.41) is 0.299. The Morgan fingerprint density at radius 3 is 2.62 bits per heavy atom. The summed E-state index contributed by atoms with van der Waals surface area (Å²) in [6, 6.07) is 2.90. The molecule has 0 aliphatic heterocycles. The molecule has 0 unspecified atom stereocenters. The molecule has 0 atom stereocenters. The smallest absolute Gasteiger partial charge is 0.241 e. The molecule has 8 heteroatoms. The number of anilines is 1. The molecule has 3 N–H and O–H groups in total. The molecule has 1 aromatic rings. The van der Waals surface area contributed by atoms with E-state index in [4.69, 9.17) is 17.3 Å². The lowest BCUT2D eigenvalue weighted by Crippen LogP contribution is -2.25. The van der Waals surface area contributed by atoms with Gasteiger partial charge in [-0.15, -0.1) is 0 Å². The average Bonchev–Trinajstić information content (AvgIpc) is 2.41. The van der Waals surface area contributed by atoms with Crippen molar-refractivity contribution in [1.29, 1.82) is 0 Å². The van der Waals surface area contributed by atoms with Crippen molar-refractivity contribution in [1.82, 2.24) is 4.72 Å². The minimum absolute atomic E-state index is 0.0786. The van der Waals surface area contributed by atoms with E-state index in [1.807, 2.05) is 11.8 Å². The lowest BCUT2D eigenvalue weighted by molar-refractivity contribution is 0.573. The largest absolute Gasteiger partial charge is 0.398 e. The molecule has 21 heavy (non-hydrogen) atoms. The summed E-state index contributed by atoms with van der Waals surface area (Å²) in [7, 11) is -3.60. The molecular formula is C13H20BrClN2O2S2. The van der Waals surface area contributed by atoms with Gasteiger partial charge in [0.2, 0.25) is 10.0 Å². The standard InChI is InChI=1S/C13H20BrClN2O2S2/c1-20-7-5-3-2-4-6-17-21(18,19)12-9-10(15)8-11(16)13(12)14/h8-9,17H,2-7,16H2,1H3. The van der Waals surface area contributed by atoms with Crippen molar-refractivity contribution in [2.75, 3.05) is 24.3 Å². The fraction of sp³-hybridized carbons (Fsp3) is 0.538. The summed E-state index contributed by atoms with van der Waals surface area (Å²) in [5.41, 5.74) is 6.02. The second kappa shape index (κ2) is 9.25. The third kappa shape index (κ3) is 6.36. The first-order valence-electron chi connectivity index (χ1n) is 6.61. The van der Waals surface area contributed by atoms with E-state index < -0.39 is 10.0 Å². The number of benzene rings is 1. The molecule has 0 amide bonds. The van der Waals surface area contributed by atoms with Crippen molar-refractivity contribution < 1.29 is 8.42 Å². The van der Waals surface area contributed by atoms with Crippen LogP contribution < -0.4 is 10.5 Å². The Morgan fingerprint density at radius 1 is 1.29 bits per heavy atom. The summed E-state index contributed by atoms with van der Waals surface area (Å²) in [6.07, 6.45) is 6.21. The molecule has 0 aromatic heterocycles. The third-order valence-corrected chi connectivity index (χ3v) is 6.44. The molecule has 1 rings (SSSR count). The van der Waals surface area contributed by atoms with Gasteiger partial charge in [0.05, 0.1) is 9.37 Å². The van der Waals surface area contributed by atoms with Crippen molar-refractivity contribution >= 4 is 55.0 Å². The summed E-state index contributed by atoms with van der Waals surface area (Å²) < 4.78 is 27.4. The zero-order valence-corrected chi connectivity index (χ0v) is 15.8. The van der Waals surface area contributed by atoms with Gasteiger partial charge in [-0.05, 0) is 52.9 Å². The van der Waals surface area contributed by atoms with Crippen molar-refractivity contribution in [3.05, 3.63) is 21.6 Å². The van der Waals surface area contributed by atoms with E-state index >= 15 is 0 Å². The van der Waals surface area contributed by atoms with Crippen LogP contribution in [0.25, 0.3) is 0 Å². The minimum Gasteiger partial charge on any atom is -0.398 e. The Hall–Kier alpha value is 0.0500. The predicted octanol–water partition coefficient (Wildman–Crippen LogP) is 3.89. The predicted molar refractivity (Wildman–Crippen MR) is 95.6 cm³/mol. The van der Waals surface area contributed by atoms with Crippen LogP contribution in [-0.4, -0.2) is 27.0 Å². The van der Waals surface area contributed by atoms with Gasteiger partial charge in [-0.2, -0.15) is 11.8 Å². The number of nitrogen functional groups attached to an aromatic ring is 1. The molecule has 0 saturated carbocycles. The van der Waals surface area contributed by atoms with E-state index in [-0.39, 0.29) is 4.90 Å². The van der Waals surface area contributed by atoms with Gasteiger partial charge in [0.25, 0.3) is 0 Å². The van der Waals surface area contributed by atoms with Gasteiger partial charge in [-0.3, -0.25) is 0 Å². The van der Waals surface area contributed by atoms with Crippen LogP contribution in [0.2, 0.25) is 5.02 Å². The van der Waals surface area contributed by atoms with Crippen molar-refractivity contribution in [3.63, 3.8) is 0 Å². The number of nitrogens with one attached hydrogen (secondary N) is 1. The first-order chi connectivity index (χ1) is 9.88. The van der Waals surface area contributed by atoms with Crippen LogP contribution in [-0.2, 0) is 10.0 Å². The van der Waals surface area contributed by atoms with E-state index in [1.165, 1.54) is 18.6 Å². The van der Waals surface area contributed by atoms with Crippen molar-refractivity contribution in [2.45, 2.75) is 30.6 Å². The van der Waals surface area contributed by atoms with Gasteiger partial charge < -0.3 is 5.73 Å². The number of halogens is 2. The van der Waals surface area contributed by atoms with Crippen LogP contribution in [0.1, 0.15) is 25.7 Å². The molecule has 1 aromatic carbocycles. The van der Waals surface area contributed by atoms with Crippen molar-refractivity contribution in [2.24, 2.45) is 0 Å². The Morgan fingerprint density at radius 2 is 1.95 bits per heavy atom. The van der Waals surface area contributed by atoms with Gasteiger partial charge in [-0.1, -0.05) is 24.4 Å². The van der Waals surface area contributed by atoms with Gasteiger partial charge >= 0.3 is 0 Å². The fourth-order valence-electron chi connectivity index (χ4n) is 1.79. The zero-order chi connectivity index (χ0) is 15.9. The monoisotopic (exact) mass is 414 g/mol. The molecule has 0 fully saturated rings. The van der Waals surface area contributed by atoms with Crippen LogP contribution in [0.4, 0.5) is 5.69 Å². The molecule has 0 aliphatic carbocycles. The van der Waals surface area contributed by atoms with E-state index in [2.05, 4.69) is 26.9 Å². The normalized spacial score (nSPS) is 11.8. The molecule has 4 nitrogen and oxygen atoms in total. The maximum Gasteiger partial charge on any atom is 0.241 e. The zero-order valence-electron chi connectivity index (χ0n) is 11.9. The van der Waals surface area contributed by atoms with E-state index in [9.17, 15) is 8.42 Å². The summed E-state index contributed by atoms with van der Waals surface area (Å²) in [5.74, 6) is 1.15. The van der Waals surface area contributed by atoms with Crippen LogP contribution in [0.3, 0.4) is 0 Å². The van der Waals surface area contributed by atoms with Gasteiger partial charge in [0.15, 0.2) is 0 Å². The molecular weight excluding hydrogens is 396 g/mol. The highest BCUT2D eigenvalue weighted by molar-refractivity contribution is 9.10. The molecule has 120 valence electrons. The molecule has 0 radical (unpaired) electrons. The quantitative estimate of drug-likeness (QED) is 0.474. The number of thioether (sulfide) groups is 1. The van der Waals surface area contributed by atoms with Crippen LogP contribution in [0.15, 0.2) is 21.5 Å². The highest BCUT2D eigenvalue weighted by atomic mass is 79.9. The molecule has 0 aliphatic rings. The summed E-state index contributed by atoms with van der Waals surface area (Å²) in [4.78, 5) is 0.0786. The summed E-state index contributed by atoms with van der Waals surface area (Å²) in [6.45, 7) is 0.417. The highest BCUT2D eigenvalue weighted by Gasteiger charge is 2.19. The van der Waals surface area contributed by atoms with Gasteiger partial charge in [-0.25, -0.2) is 13.1 Å². The van der Waals surface area contributed by atoms with E-state index in [1.54, 1.807) is 0 Å². The molecule has 0 spiro atoms. The third-order valence-electron chi connectivity index (χ3n) is 2.89. The molecule has 0 heterocycles.